The summed E-state index contributed by atoms with van der Waals surface area (Å²) < 4.78 is 5.96. The average Bonchev–Trinajstić information content (AvgIpc) is 2.56. The molecule has 1 fully saturated rings. The van der Waals surface area contributed by atoms with Gasteiger partial charge >= 0.3 is 0 Å². The van der Waals surface area contributed by atoms with Crippen LogP contribution in [0.15, 0.2) is 42.7 Å². The highest BCUT2D eigenvalue weighted by Gasteiger charge is 2.26. The summed E-state index contributed by atoms with van der Waals surface area (Å²) in [4.78, 5) is 18.5. The van der Waals surface area contributed by atoms with E-state index in [1.54, 1.807) is 18.5 Å². The molecule has 2 heterocycles. The van der Waals surface area contributed by atoms with Crippen LogP contribution < -0.4 is 4.74 Å². The average molecular weight is 331 g/mol. The Kier molecular flexibility index (Phi) is 4.82. The van der Waals surface area contributed by atoms with Crippen LogP contribution in [0.2, 0.25) is 5.02 Å². The van der Waals surface area contributed by atoms with E-state index in [0.29, 0.717) is 17.3 Å². The van der Waals surface area contributed by atoms with Gasteiger partial charge in [-0.2, -0.15) is 0 Å². The monoisotopic (exact) mass is 330 g/mol. The molecule has 0 radical (unpaired) electrons. The third-order valence-electron chi connectivity index (χ3n) is 3.96. The zero-order valence-corrected chi connectivity index (χ0v) is 13.8. The zero-order chi connectivity index (χ0) is 16.2. The number of likely N-dealkylation sites (tertiary alicyclic amines) is 1. The third-order valence-corrected chi connectivity index (χ3v) is 4.24. The van der Waals surface area contributed by atoms with Crippen molar-refractivity contribution in [2.75, 3.05) is 13.1 Å². The molecule has 1 unspecified atom stereocenters. The van der Waals surface area contributed by atoms with Gasteiger partial charge in [0.2, 0.25) is 0 Å². The molecule has 4 nitrogen and oxygen atoms in total. The number of aryl methyl sites for hydroxylation is 1. The Morgan fingerprint density at radius 1 is 1.39 bits per heavy atom. The van der Waals surface area contributed by atoms with E-state index in [9.17, 15) is 4.79 Å². The number of piperidine rings is 1. The lowest BCUT2D eigenvalue weighted by Gasteiger charge is -2.33. The molecule has 0 spiro atoms. The number of amides is 1. The molecular weight excluding hydrogens is 312 g/mol. The normalized spacial score (nSPS) is 17.8. The number of hydrogen-bond donors (Lipinski definition) is 0. The van der Waals surface area contributed by atoms with Crippen molar-refractivity contribution in [2.45, 2.75) is 25.9 Å². The number of nitrogens with zero attached hydrogens (tertiary/aromatic N) is 2. The van der Waals surface area contributed by atoms with Crippen LogP contribution in [0.5, 0.6) is 5.75 Å². The van der Waals surface area contributed by atoms with Crippen molar-refractivity contribution in [2.24, 2.45) is 0 Å². The zero-order valence-electron chi connectivity index (χ0n) is 13.0. The van der Waals surface area contributed by atoms with Crippen molar-refractivity contribution in [3.63, 3.8) is 0 Å². The van der Waals surface area contributed by atoms with Gasteiger partial charge < -0.3 is 9.64 Å². The van der Waals surface area contributed by atoms with Crippen LogP contribution in [0, 0.1) is 6.92 Å². The summed E-state index contributed by atoms with van der Waals surface area (Å²) in [6, 6.07) is 9.44. The molecule has 1 aromatic carbocycles. The molecule has 23 heavy (non-hydrogen) atoms. The maximum absolute atomic E-state index is 12.7. The summed E-state index contributed by atoms with van der Waals surface area (Å²) in [5.74, 6) is 0.680. The highest BCUT2D eigenvalue weighted by molar-refractivity contribution is 6.31. The van der Waals surface area contributed by atoms with Gasteiger partial charge in [-0.25, -0.2) is 0 Å². The molecule has 1 aliphatic rings. The van der Waals surface area contributed by atoms with Gasteiger partial charge in [-0.05, 0) is 31.9 Å². The lowest BCUT2D eigenvalue weighted by molar-refractivity contribution is 0.0538. The van der Waals surface area contributed by atoms with Gasteiger partial charge in [-0.3, -0.25) is 9.78 Å². The minimum absolute atomic E-state index is 0.0441. The summed E-state index contributed by atoms with van der Waals surface area (Å²) in [5, 5.41) is 0.495. The molecule has 1 atom stereocenters. The van der Waals surface area contributed by atoms with Crippen molar-refractivity contribution < 1.29 is 9.53 Å². The van der Waals surface area contributed by atoms with E-state index in [2.05, 4.69) is 4.98 Å². The maximum Gasteiger partial charge on any atom is 0.253 e. The quantitative estimate of drug-likeness (QED) is 0.861. The molecule has 0 saturated carbocycles. The van der Waals surface area contributed by atoms with Crippen LogP contribution in [0.1, 0.15) is 28.8 Å². The van der Waals surface area contributed by atoms with Gasteiger partial charge in [0.25, 0.3) is 5.91 Å². The summed E-state index contributed by atoms with van der Waals surface area (Å²) in [6.45, 7) is 3.33. The molecule has 0 aliphatic carbocycles. The second kappa shape index (κ2) is 7.01. The van der Waals surface area contributed by atoms with Gasteiger partial charge in [0, 0.05) is 30.6 Å². The van der Waals surface area contributed by atoms with E-state index in [-0.39, 0.29) is 12.0 Å². The van der Waals surface area contributed by atoms with E-state index in [4.69, 9.17) is 16.3 Å². The molecule has 1 saturated heterocycles. The highest BCUT2D eigenvalue weighted by atomic mass is 35.5. The first-order chi connectivity index (χ1) is 11.1. The Hall–Kier alpha value is -2.07. The molecular formula is C18H19ClN2O2. The van der Waals surface area contributed by atoms with Gasteiger partial charge in [-0.1, -0.05) is 29.3 Å². The molecule has 2 aromatic rings. The first kappa shape index (κ1) is 15.8. The number of carbonyl (C=O) groups excluding carboxylic acids is 1. The number of carbonyl (C=O) groups is 1. The van der Waals surface area contributed by atoms with Gasteiger partial charge in [0.15, 0.2) is 0 Å². The third kappa shape index (κ3) is 3.82. The summed E-state index contributed by atoms with van der Waals surface area (Å²) in [7, 11) is 0. The van der Waals surface area contributed by atoms with Crippen LogP contribution in [0.3, 0.4) is 0 Å². The highest BCUT2D eigenvalue weighted by Crippen LogP contribution is 2.26. The smallest absolute Gasteiger partial charge is 0.253 e. The molecule has 3 rings (SSSR count). The SMILES string of the molecule is Cc1cccc(C(=O)N2CCCC(Oc3ccncc3Cl)C2)c1. The molecule has 5 heteroatoms. The summed E-state index contributed by atoms with van der Waals surface area (Å²) in [5.41, 5.74) is 1.82. The van der Waals surface area contributed by atoms with Crippen LogP contribution in [0.25, 0.3) is 0 Å². The number of hydrogen-bond acceptors (Lipinski definition) is 3. The van der Waals surface area contributed by atoms with Crippen LogP contribution in [-0.4, -0.2) is 35.0 Å². The Bertz CT molecular complexity index is 705. The predicted octanol–water partition coefficient (Wildman–Crippen LogP) is 3.73. The standard InChI is InChI=1S/C18H19ClN2O2/c1-13-4-2-5-14(10-13)18(22)21-9-3-6-15(12-21)23-17-7-8-20-11-16(17)19/h2,4-5,7-8,10-11,15H,3,6,9,12H2,1H3. The van der Waals surface area contributed by atoms with Crippen molar-refractivity contribution in [3.05, 3.63) is 58.9 Å². The Morgan fingerprint density at radius 3 is 3.04 bits per heavy atom. The van der Waals surface area contributed by atoms with Gasteiger partial charge in [0.1, 0.15) is 16.9 Å². The Balaban J connectivity index is 1.68. The number of halogens is 1. The maximum atomic E-state index is 12.7. The molecule has 1 aliphatic heterocycles. The number of aromatic nitrogens is 1. The van der Waals surface area contributed by atoms with Gasteiger partial charge in [-0.15, -0.1) is 0 Å². The minimum Gasteiger partial charge on any atom is -0.487 e. The summed E-state index contributed by atoms with van der Waals surface area (Å²) in [6.07, 6.45) is 5.01. The number of pyridine rings is 1. The lowest BCUT2D eigenvalue weighted by Crippen LogP contribution is -2.44. The fourth-order valence-electron chi connectivity index (χ4n) is 2.82. The van der Waals surface area contributed by atoms with Crippen LogP contribution in [-0.2, 0) is 0 Å². The lowest BCUT2D eigenvalue weighted by atomic mass is 10.1. The molecule has 1 amide bonds. The molecule has 0 bridgehead atoms. The predicted molar refractivity (Wildman–Crippen MR) is 90.0 cm³/mol. The van der Waals surface area contributed by atoms with E-state index in [1.165, 1.54) is 0 Å². The van der Waals surface area contributed by atoms with Crippen molar-refractivity contribution in [1.82, 2.24) is 9.88 Å². The summed E-state index contributed by atoms with van der Waals surface area (Å²) >= 11 is 6.09. The number of benzene rings is 1. The van der Waals surface area contributed by atoms with E-state index >= 15 is 0 Å². The molecule has 0 N–H and O–H groups in total. The van der Waals surface area contributed by atoms with Crippen LogP contribution in [0.4, 0.5) is 0 Å². The van der Waals surface area contributed by atoms with Crippen LogP contribution >= 0.6 is 11.6 Å². The second-order valence-electron chi connectivity index (χ2n) is 5.81. The van der Waals surface area contributed by atoms with E-state index in [0.717, 1.165) is 30.5 Å². The Morgan fingerprint density at radius 2 is 2.26 bits per heavy atom. The fourth-order valence-corrected chi connectivity index (χ4v) is 2.98. The molecule has 120 valence electrons. The number of rotatable bonds is 3. The van der Waals surface area contributed by atoms with Crippen molar-refractivity contribution in [1.29, 1.82) is 0 Å². The minimum atomic E-state index is -0.0441. The van der Waals surface area contributed by atoms with E-state index < -0.39 is 0 Å². The first-order valence-corrected chi connectivity index (χ1v) is 8.13. The topological polar surface area (TPSA) is 42.4 Å². The second-order valence-corrected chi connectivity index (χ2v) is 6.22. The fraction of sp³-hybridized carbons (Fsp3) is 0.333. The first-order valence-electron chi connectivity index (χ1n) is 7.75. The van der Waals surface area contributed by atoms with Crippen molar-refractivity contribution in [3.8, 4) is 5.75 Å². The number of ether oxygens (including phenoxy) is 1. The largest absolute Gasteiger partial charge is 0.487 e. The van der Waals surface area contributed by atoms with Gasteiger partial charge in [0.05, 0.1) is 6.54 Å². The Labute approximate surface area is 141 Å². The van der Waals surface area contributed by atoms with E-state index in [1.807, 2.05) is 36.1 Å². The van der Waals surface area contributed by atoms with Crippen molar-refractivity contribution >= 4 is 17.5 Å². The molecule has 1 aromatic heterocycles.